The maximum Gasteiger partial charge on any atom is 0.326 e. The first-order valence-electron chi connectivity index (χ1n) is 6.83. The maximum absolute atomic E-state index is 11.4. The van der Waals surface area contributed by atoms with Crippen molar-refractivity contribution in [2.75, 3.05) is 0 Å². The molecule has 100 valence electrons. The molecule has 1 unspecified atom stereocenters. The number of nitrogens with one attached hydrogen (secondary N) is 1. The van der Waals surface area contributed by atoms with E-state index in [2.05, 4.69) is 5.32 Å². The Hall–Kier alpha value is -1.26. The van der Waals surface area contributed by atoms with Crippen LogP contribution in [-0.4, -0.2) is 23.1 Å². The van der Waals surface area contributed by atoms with Crippen LogP contribution in [0.5, 0.6) is 0 Å². The van der Waals surface area contributed by atoms with Crippen molar-refractivity contribution in [1.29, 1.82) is 0 Å². The topological polar surface area (TPSA) is 92.4 Å². The van der Waals surface area contributed by atoms with Gasteiger partial charge in [-0.2, -0.15) is 0 Å². The van der Waals surface area contributed by atoms with Crippen molar-refractivity contribution in [3.63, 3.8) is 0 Å². The minimum Gasteiger partial charge on any atom is -0.480 e. The summed E-state index contributed by atoms with van der Waals surface area (Å²) in [7, 11) is 0. The fraction of sp³-hybridized carbons (Fsp3) is 0.846. The molecule has 4 N–H and O–H groups in total. The first-order valence-corrected chi connectivity index (χ1v) is 6.83. The summed E-state index contributed by atoms with van der Waals surface area (Å²) in [5.74, 6) is 1.68. The Bertz CT molecular complexity index is 354. The highest BCUT2D eigenvalue weighted by atomic mass is 16.4. The number of amides is 2. The molecule has 0 aromatic rings. The van der Waals surface area contributed by atoms with Gasteiger partial charge in [0.2, 0.25) is 0 Å². The van der Waals surface area contributed by atoms with E-state index in [-0.39, 0.29) is 5.92 Å². The van der Waals surface area contributed by atoms with Gasteiger partial charge < -0.3 is 16.2 Å². The highest BCUT2D eigenvalue weighted by Gasteiger charge is 2.52. The van der Waals surface area contributed by atoms with Crippen molar-refractivity contribution >= 4 is 12.0 Å². The predicted octanol–water partition coefficient (Wildman–Crippen LogP) is 1.18. The van der Waals surface area contributed by atoms with Crippen molar-refractivity contribution in [3.8, 4) is 0 Å². The smallest absolute Gasteiger partial charge is 0.326 e. The van der Waals surface area contributed by atoms with Gasteiger partial charge in [-0.05, 0) is 61.7 Å². The number of carboxylic acids is 1. The van der Waals surface area contributed by atoms with Gasteiger partial charge in [-0.3, -0.25) is 0 Å². The lowest BCUT2D eigenvalue weighted by Gasteiger charge is -2.55. The average Bonchev–Trinajstić information content (AvgIpc) is 2.25. The fourth-order valence-electron chi connectivity index (χ4n) is 4.99. The van der Waals surface area contributed by atoms with Crippen LogP contribution in [0.4, 0.5) is 4.79 Å². The van der Waals surface area contributed by atoms with Gasteiger partial charge in [0.25, 0.3) is 0 Å². The summed E-state index contributed by atoms with van der Waals surface area (Å²) in [4.78, 5) is 22.4. The third-order valence-corrected chi connectivity index (χ3v) is 5.25. The van der Waals surface area contributed by atoms with Crippen molar-refractivity contribution < 1.29 is 14.7 Å². The van der Waals surface area contributed by atoms with Crippen LogP contribution in [-0.2, 0) is 4.79 Å². The average molecular weight is 252 g/mol. The number of carbonyl (C=O) groups is 2. The van der Waals surface area contributed by atoms with Crippen molar-refractivity contribution in [1.82, 2.24) is 5.32 Å². The molecule has 4 aliphatic carbocycles. The van der Waals surface area contributed by atoms with Gasteiger partial charge in [0.15, 0.2) is 0 Å². The van der Waals surface area contributed by atoms with Crippen molar-refractivity contribution in [3.05, 3.63) is 0 Å². The molecule has 0 spiro atoms. The minimum absolute atomic E-state index is 0.0859. The standard InChI is InChI=1S/C13H20N2O3/c14-13(18)15-11(12(16)17)10-8-2-6-1-7(4-8)5-9(10)3-6/h6-11H,1-5H2,(H,16,17)(H3,14,15,18). The summed E-state index contributed by atoms with van der Waals surface area (Å²) < 4.78 is 0. The SMILES string of the molecule is NC(=O)NC(C(=O)O)C1C2CC3CC(C2)CC1C3. The number of urea groups is 1. The molecule has 18 heavy (non-hydrogen) atoms. The molecule has 4 fully saturated rings. The van der Waals surface area contributed by atoms with Gasteiger partial charge in [-0.15, -0.1) is 0 Å². The normalized spacial score (nSPS) is 42.6. The molecule has 4 saturated carbocycles. The number of carboxylic acid groups (broad SMARTS) is 1. The van der Waals surface area contributed by atoms with Crippen LogP contribution in [0.2, 0.25) is 0 Å². The summed E-state index contributed by atoms with van der Waals surface area (Å²) in [5, 5.41) is 11.8. The van der Waals surface area contributed by atoms with E-state index in [0.29, 0.717) is 11.8 Å². The molecule has 1 atom stereocenters. The van der Waals surface area contributed by atoms with Crippen LogP contribution in [0.15, 0.2) is 0 Å². The van der Waals surface area contributed by atoms with Gasteiger partial charge >= 0.3 is 12.0 Å². The van der Waals surface area contributed by atoms with Crippen LogP contribution >= 0.6 is 0 Å². The van der Waals surface area contributed by atoms with Gasteiger partial charge in [-0.1, -0.05) is 0 Å². The highest BCUT2D eigenvalue weighted by molar-refractivity contribution is 5.81. The van der Waals surface area contributed by atoms with Gasteiger partial charge in [0, 0.05) is 0 Å². The molecule has 2 amide bonds. The molecule has 0 aromatic carbocycles. The summed E-state index contributed by atoms with van der Waals surface area (Å²) in [6.07, 6.45) is 5.90. The van der Waals surface area contributed by atoms with E-state index < -0.39 is 18.0 Å². The molecule has 5 nitrogen and oxygen atoms in total. The lowest BCUT2D eigenvalue weighted by atomic mass is 9.50. The summed E-state index contributed by atoms with van der Waals surface area (Å²) in [6, 6.07) is -1.52. The van der Waals surface area contributed by atoms with E-state index in [9.17, 15) is 14.7 Å². The van der Waals surface area contributed by atoms with E-state index in [1.807, 2.05) is 0 Å². The predicted molar refractivity (Wildman–Crippen MR) is 64.7 cm³/mol. The zero-order valence-electron chi connectivity index (χ0n) is 10.3. The number of rotatable bonds is 3. The number of hydrogen-bond acceptors (Lipinski definition) is 2. The Morgan fingerprint density at radius 1 is 1.06 bits per heavy atom. The fourth-order valence-corrected chi connectivity index (χ4v) is 4.99. The number of carbonyl (C=O) groups excluding carboxylic acids is 1. The molecule has 0 radical (unpaired) electrons. The Balaban J connectivity index is 1.81. The molecule has 0 aromatic heterocycles. The molecule has 0 aliphatic heterocycles. The Kier molecular flexibility index (Phi) is 2.72. The number of aliphatic carboxylic acids is 1. The molecule has 4 aliphatic rings. The van der Waals surface area contributed by atoms with Gasteiger partial charge in [0.05, 0.1) is 0 Å². The van der Waals surface area contributed by atoms with Gasteiger partial charge in [0.1, 0.15) is 6.04 Å². The number of nitrogens with two attached hydrogens (primary N) is 1. The second-order valence-electron chi connectivity index (χ2n) is 6.33. The van der Waals surface area contributed by atoms with Crippen molar-refractivity contribution in [2.45, 2.75) is 38.1 Å². The quantitative estimate of drug-likeness (QED) is 0.704. The Morgan fingerprint density at radius 3 is 1.94 bits per heavy atom. The Labute approximate surface area is 106 Å². The third kappa shape index (κ3) is 1.85. The first kappa shape index (κ1) is 11.8. The first-order chi connectivity index (χ1) is 8.54. The monoisotopic (exact) mass is 252 g/mol. The van der Waals surface area contributed by atoms with E-state index in [1.165, 1.54) is 6.42 Å². The molecule has 0 saturated heterocycles. The number of primary amides is 1. The number of hydrogen-bond donors (Lipinski definition) is 3. The van der Waals surface area contributed by atoms with Crippen LogP contribution in [0.1, 0.15) is 32.1 Å². The van der Waals surface area contributed by atoms with Crippen LogP contribution in [0, 0.1) is 29.6 Å². The van der Waals surface area contributed by atoms with Crippen molar-refractivity contribution in [2.24, 2.45) is 35.3 Å². The zero-order valence-corrected chi connectivity index (χ0v) is 10.3. The molecular formula is C13H20N2O3. The third-order valence-electron chi connectivity index (χ3n) is 5.25. The van der Waals surface area contributed by atoms with E-state index in [1.54, 1.807) is 0 Å². The molecule has 0 heterocycles. The summed E-state index contributed by atoms with van der Waals surface area (Å²) >= 11 is 0. The highest BCUT2D eigenvalue weighted by Crippen LogP contribution is 2.57. The van der Waals surface area contributed by atoms with E-state index >= 15 is 0 Å². The van der Waals surface area contributed by atoms with Crippen LogP contribution in [0.25, 0.3) is 0 Å². The minimum atomic E-state index is -0.939. The zero-order chi connectivity index (χ0) is 12.9. The lowest BCUT2D eigenvalue weighted by Crippen LogP contribution is -2.57. The van der Waals surface area contributed by atoms with E-state index in [0.717, 1.165) is 37.5 Å². The molecule has 4 bridgehead atoms. The second-order valence-corrected chi connectivity index (χ2v) is 6.33. The molecule has 5 heteroatoms. The maximum atomic E-state index is 11.4. The summed E-state index contributed by atoms with van der Waals surface area (Å²) in [6.45, 7) is 0. The van der Waals surface area contributed by atoms with Crippen LogP contribution < -0.4 is 11.1 Å². The van der Waals surface area contributed by atoms with Gasteiger partial charge in [-0.25, -0.2) is 9.59 Å². The Morgan fingerprint density at radius 2 is 1.56 bits per heavy atom. The lowest BCUT2D eigenvalue weighted by molar-refractivity contribution is -0.146. The summed E-state index contributed by atoms with van der Waals surface area (Å²) in [5.41, 5.74) is 5.11. The molecular weight excluding hydrogens is 232 g/mol. The molecule has 4 rings (SSSR count). The second kappa shape index (κ2) is 4.14. The van der Waals surface area contributed by atoms with Crippen LogP contribution in [0.3, 0.4) is 0 Å². The largest absolute Gasteiger partial charge is 0.480 e. The van der Waals surface area contributed by atoms with E-state index in [4.69, 9.17) is 5.73 Å².